The Labute approximate surface area is 172 Å². The summed E-state index contributed by atoms with van der Waals surface area (Å²) in [6.45, 7) is 8.08. The Hall–Kier alpha value is -2.06. The number of anilines is 1. The molecule has 1 aromatic heterocycles. The maximum atomic E-state index is 14.3. The first-order chi connectivity index (χ1) is 13.7. The fourth-order valence-corrected chi connectivity index (χ4v) is 4.42. The molecule has 0 amide bonds. The Kier molecular flexibility index (Phi) is 6.53. The average molecular weight is 421 g/mol. The summed E-state index contributed by atoms with van der Waals surface area (Å²) < 4.78 is 39.6. The summed E-state index contributed by atoms with van der Waals surface area (Å²) in [5.41, 5.74) is 2.46. The molecule has 0 radical (unpaired) electrons. The van der Waals surface area contributed by atoms with Crippen LogP contribution in [0.3, 0.4) is 0 Å². The van der Waals surface area contributed by atoms with Crippen LogP contribution in [0.15, 0.2) is 24.3 Å². The van der Waals surface area contributed by atoms with Gasteiger partial charge in [0.15, 0.2) is 0 Å². The third-order valence-electron chi connectivity index (χ3n) is 5.27. The summed E-state index contributed by atoms with van der Waals surface area (Å²) in [7, 11) is -3.21. The molecule has 0 N–H and O–H groups in total. The molecule has 0 aliphatic carbocycles. The van der Waals surface area contributed by atoms with Gasteiger partial charge in [-0.25, -0.2) is 22.8 Å². The summed E-state index contributed by atoms with van der Waals surface area (Å²) in [5.74, 6) is 1.49. The second-order valence-corrected chi connectivity index (χ2v) is 9.74. The second kappa shape index (κ2) is 8.75. The van der Waals surface area contributed by atoms with Gasteiger partial charge in [0, 0.05) is 49.8 Å². The predicted octanol–water partition coefficient (Wildman–Crippen LogP) is 2.97. The smallest absolute Gasteiger partial charge is 0.211 e. The van der Waals surface area contributed by atoms with Crippen molar-refractivity contribution in [1.82, 2.24) is 14.3 Å². The maximum absolute atomic E-state index is 14.3. The molecule has 6 nitrogen and oxygen atoms in total. The molecule has 158 valence electrons. The van der Waals surface area contributed by atoms with Crippen molar-refractivity contribution in [2.75, 3.05) is 37.3 Å². The number of hydrogen-bond donors (Lipinski definition) is 0. The third kappa shape index (κ3) is 4.93. The van der Waals surface area contributed by atoms with E-state index < -0.39 is 10.0 Å². The summed E-state index contributed by atoms with van der Waals surface area (Å²) in [4.78, 5) is 11.7. The molecule has 1 aromatic carbocycles. The van der Waals surface area contributed by atoms with Crippen LogP contribution >= 0.6 is 0 Å². The van der Waals surface area contributed by atoms with Gasteiger partial charge < -0.3 is 4.90 Å². The second-order valence-electron chi connectivity index (χ2n) is 7.76. The average Bonchev–Trinajstić information content (AvgIpc) is 2.69. The first kappa shape index (κ1) is 21.6. The van der Waals surface area contributed by atoms with Gasteiger partial charge in [0.1, 0.15) is 17.5 Å². The molecule has 29 heavy (non-hydrogen) atoms. The number of benzene rings is 1. The highest BCUT2D eigenvalue weighted by molar-refractivity contribution is 7.88. The minimum Gasteiger partial charge on any atom is -0.354 e. The first-order valence-corrected chi connectivity index (χ1v) is 11.9. The van der Waals surface area contributed by atoms with E-state index in [-0.39, 0.29) is 11.7 Å². The highest BCUT2D eigenvalue weighted by Crippen LogP contribution is 2.28. The maximum Gasteiger partial charge on any atom is 0.211 e. The number of hydrogen-bond acceptors (Lipinski definition) is 5. The predicted molar refractivity (Wildman–Crippen MR) is 113 cm³/mol. The van der Waals surface area contributed by atoms with E-state index in [1.807, 2.05) is 13.0 Å². The number of nitrogens with zero attached hydrogens (tertiary/aromatic N) is 4. The highest BCUT2D eigenvalue weighted by Gasteiger charge is 2.27. The van der Waals surface area contributed by atoms with E-state index in [0.29, 0.717) is 38.2 Å². The van der Waals surface area contributed by atoms with Crippen LogP contribution in [0, 0.1) is 5.82 Å². The van der Waals surface area contributed by atoms with E-state index in [1.54, 1.807) is 12.1 Å². The van der Waals surface area contributed by atoms with Gasteiger partial charge in [-0.15, -0.1) is 0 Å². The molecule has 1 aliphatic heterocycles. The van der Waals surface area contributed by atoms with Crippen LogP contribution in [0.2, 0.25) is 0 Å². The van der Waals surface area contributed by atoms with Crippen LogP contribution in [0.5, 0.6) is 0 Å². The molecule has 1 aliphatic rings. The molecular weight excluding hydrogens is 391 g/mol. The van der Waals surface area contributed by atoms with E-state index in [1.165, 1.54) is 16.6 Å². The van der Waals surface area contributed by atoms with Crippen LogP contribution in [-0.2, 0) is 22.9 Å². The highest BCUT2D eigenvalue weighted by atomic mass is 32.2. The topological polar surface area (TPSA) is 66.4 Å². The van der Waals surface area contributed by atoms with Gasteiger partial charge in [-0.1, -0.05) is 39.0 Å². The molecule has 8 heteroatoms. The molecule has 1 saturated heterocycles. The van der Waals surface area contributed by atoms with E-state index in [2.05, 4.69) is 18.7 Å². The molecule has 2 heterocycles. The summed E-state index contributed by atoms with van der Waals surface area (Å²) >= 11 is 0. The van der Waals surface area contributed by atoms with Crippen molar-refractivity contribution in [3.05, 3.63) is 52.7 Å². The van der Waals surface area contributed by atoms with E-state index in [0.717, 1.165) is 29.3 Å². The molecule has 1 fully saturated rings. The van der Waals surface area contributed by atoms with Crippen LogP contribution < -0.4 is 4.90 Å². The monoisotopic (exact) mass is 420 g/mol. The lowest BCUT2D eigenvalue weighted by Gasteiger charge is -2.35. The minimum absolute atomic E-state index is 0.166. The van der Waals surface area contributed by atoms with E-state index in [4.69, 9.17) is 9.97 Å². The van der Waals surface area contributed by atoms with E-state index >= 15 is 0 Å². The Bertz CT molecular complexity index is 971. The Morgan fingerprint density at radius 2 is 1.76 bits per heavy atom. The van der Waals surface area contributed by atoms with Crippen LogP contribution in [0.4, 0.5) is 10.2 Å². The number of sulfonamides is 1. The zero-order chi connectivity index (χ0) is 21.2. The van der Waals surface area contributed by atoms with Gasteiger partial charge in [0.25, 0.3) is 0 Å². The van der Waals surface area contributed by atoms with Crippen molar-refractivity contribution in [3.8, 4) is 0 Å². The minimum atomic E-state index is -3.21. The lowest BCUT2D eigenvalue weighted by atomic mass is 10.0. The van der Waals surface area contributed by atoms with Crippen LogP contribution in [0.1, 0.15) is 49.3 Å². The molecule has 0 saturated carbocycles. The lowest BCUT2D eigenvalue weighted by Crippen LogP contribution is -2.49. The quantitative estimate of drug-likeness (QED) is 0.719. The molecular formula is C21H29FN4O2S. The molecule has 3 rings (SSSR count). The molecule has 0 bridgehead atoms. The zero-order valence-electron chi connectivity index (χ0n) is 17.5. The molecule has 0 unspecified atom stereocenters. The largest absolute Gasteiger partial charge is 0.354 e. The summed E-state index contributed by atoms with van der Waals surface area (Å²) in [6, 6.07) is 6.77. The van der Waals surface area contributed by atoms with Gasteiger partial charge in [-0.05, 0) is 18.1 Å². The summed E-state index contributed by atoms with van der Waals surface area (Å²) in [5, 5.41) is 0. The number of aromatic nitrogens is 2. The van der Waals surface area contributed by atoms with Crippen molar-refractivity contribution in [2.24, 2.45) is 0 Å². The Balaban J connectivity index is 2.02. The molecule has 0 spiro atoms. The van der Waals surface area contributed by atoms with Gasteiger partial charge >= 0.3 is 0 Å². The Morgan fingerprint density at radius 3 is 2.31 bits per heavy atom. The Morgan fingerprint density at radius 1 is 1.10 bits per heavy atom. The summed E-state index contributed by atoms with van der Waals surface area (Å²) in [6.07, 6.45) is 2.38. The van der Waals surface area contributed by atoms with Gasteiger partial charge in [0.2, 0.25) is 10.0 Å². The van der Waals surface area contributed by atoms with Crippen molar-refractivity contribution < 1.29 is 12.8 Å². The fraction of sp³-hybridized carbons (Fsp3) is 0.524. The van der Waals surface area contributed by atoms with Crippen LogP contribution in [0.25, 0.3) is 0 Å². The number of halogens is 1. The van der Waals surface area contributed by atoms with Crippen molar-refractivity contribution in [2.45, 2.75) is 39.5 Å². The van der Waals surface area contributed by atoms with Gasteiger partial charge in [0.05, 0.1) is 6.26 Å². The first-order valence-electron chi connectivity index (χ1n) is 10.0. The normalized spacial score (nSPS) is 15.9. The van der Waals surface area contributed by atoms with Crippen LogP contribution in [-0.4, -0.2) is 55.1 Å². The van der Waals surface area contributed by atoms with Crippen molar-refractivity contribution in [1.29, 1.82) is 0 Å². The number of rotatable bonds is 6. The van der Waals surface area contributed by atoms with Gasteiger partial charge in [-0.3, -0.25) is 0 Å². The lowest BCUT2D eigenvalue weighted by molar-refractivity contribution is 0.386. The zero-order valence-corrected chi connectivity index (χ0v) is 18.3. The van der Waals surface area contributed by atoms with Crippen molar-refractivity contribution in [3.63, 3.8) is 0 Å². The molecule has 2 aromatic rings. The van der Waals surface area contributed by atoms with Gasteiger partial charge in [-0.2, -0.15) is 4.31 Å². The standard InChI is InChI=1S/C21H29FN4O2S/c1-5-19-17(14-16-8-6-7-9-18(16)22)21(24-20(23-19)15(2)3)25-10-12-26(13-11-25)29(4,27)28/h6-9,15H,5,10-14H2,1-4H3. The molecule has 0 atom stereocenters. The SMILES string of the molecule is CCc1nc(C(C)C)nc(N2CCN(S(C)(=O)=O)CC2)c1Cc1ccccc1F. The van der Waals surface area contributed by atoms with E-state index in [9.17, 15) is 12.8 Å². The number of aryl methyl sites for hydroxylation is 1. The number of piperazine rings is 1. The third-order valence-corrected chi connectivity index (χ3v) is 6.57. The fourth-order valence-electron chi connectivity index (χ4n) is 3.59. The van der Waals surface area contributed by atoms with Crippen molar-refractivity contribution >= 4 is 15.8 Å².